The number of hydrogen-bond acceptors (Lipinski definition) is 5. The number of rotatable bonds is 1. The predicted octanol–water partition coefficient (Wildman–Crippen LogP) is 3.41. The molecule has 0 saturated carbocycles. The van der Waals surface area contributed by atoms with Crippen molar-refractivity contribution in [2.45, 2.75) is 19.1 Å². The van der Waals surface area contributed by atoms with Gasteiger partial charge in [0.2, 0.25) is 0 Å². The molecule has 0 spiro atoms. The Labute approximate surface area is 139 Å². The first-order valence-electron chi connectivity index (χ1n) is 6.76. The van der Waals surface area contributed by atoms with Crippen LogP contribution < -0.4 is 10.6 Å². The first-order valence-corrected chi connectivity index (χ1v) is 9.25. The molecule has 110 valence electrons. The van der Waals surface area contributed by atoms with E-state index in [2.05, 4.69) is 44.6 Å². The van der Waals surface area contributed by atoms with Crippen LogP contribution in [0.15, 0.2) is 15.9 Å². The molecule has 4 rings (SSSR count). The van der Waals surface area contributed by atoms with Crippen molar-refractivity contribution in [1.82, 2.24) is 10.2 Å². The summed E-state index contributed by atoms with van der Waals surface area (Å²) in [6.07, 6.45) is 0.834. The van der Waals surface area contributed by atoms with Crippen molar-refractivity contribution in [2.75, 3.05) is 18.9 Å². The van der Waals surface area contributed by atoms with E-state index in [-0.39, 0.29) is 12.1 Å². The van der Waals surface area contributed by atoms with E-state index in [4.69, 9.17) is 0 Å². The average molecular weight is 384 g/mol. The van der Waals surface area contributed by atoms with Crippen molar-refractivity contribution in [1.29, 1.82) is 0 Å². The third-order valence-electron chi connectivity index (χ3n) is 3.90. The molecule has 2 aliphatic rings. The maximum atomic E-state index is 12.5. The lowest BCUT2D eigenvalue weighted by Crippen LogP contribution is -2.38. The molecule has 21 heavy (non-hydrogen) atoms. The summed E-state index contributed by atoms with van der Waals surface area (Å²) in [5.74, 6) is 0.0559. The molecule has 2 aromatic rings. The van der Waals surface area contributed by atoms with Crippen LogP contribution in [0.5, 0.6) is 0 Å². The number of carbonyl (C=O) groups is 1. The Morgan fingerprint density at radius 3 is 3.05 bits per heavy atom. The number of amides is 1. The summed E-state index contributed by atoms with van der Waals surface area (Å²) in [5.41, 5.74) is 2.11. The van der Waals surface area contributed by atoms with Gasteiger partial charge in [-0.25, -0.2) is 0 Å². The van der Waals surface area contributed by atoms with Crippen molar-refractivity contribution in [2.24, 2.45) is 0 Å². The van der Waals surface area contributed by atoms with Gasteiger partial charge in [-0.3, -0.25) is 4.79 Å². The maximum absolute atomic E-state index is 12.5. The largest absolute Gasteiger partial charge is 0.352 e. The Hall–Kier alpha value is -0.890. The smallest absolute Gasteiger partial charge is 0.256 e. The van der Waals surface area contributed by atoms with Crippen LogP contribution >= 0.6 is 38.6 Å². The van der Waals surface area contributed by atoms with Gasteiger partial charge in [0.25, 0.3) is 5.91 Å². The van der Waals surface area contributed by atoms with Crippen molar-refractivity contribution in [3.8, 4) is 0 Å². The molecule has 0 aromatic carbocycles. The molecule has 2 aromatic heterocycles. The van der Waals surface area contributed by atoms with Gasteiger partial charge in [0, 0.05) is 32.7 Å². The van der Waals surface area contributed by atoms with Crippen LogP contribution in [0.1, 0.15) is 31.8 Å². The van der Waals surface area contributed by atoms with Crippen molar-refractivity contribution in [3.05, 3.63) is 36.8 Å². The van der Waals surface area contributed by atoms with E-state index in [9.17, 15) is 4.79 Å². The van der Waals surface area contributed by atoms with E-state index in [0.717, 1.165) is 39.4 Å². The first-order chi connectivity index (χ1) is 10.1. The van der Waals surface area contributed by atoms with E-state index in [1.807, 2.05) is 5.38 Å². The van der Waals surface area contributed by atoms with Gasteiger partial charge >= 0.3 is 0 Å². The van der Waals surface area contributed by atoms with Gasteiger partial charge in [0.05, 0.1) is 5.56 Å². The highest BCUT2D eigenvalue weighted by Crippen LogP contribution is 2.41. The summed E-state index contributed by atoms with van der Waals surface area (Å²) in [6, 6.07) is 2.05. The molecule has 0 bridgehead atoms. The SMILES string of the molecule is CN1CCc2c(sc3c2C(=O)NC(c2cc(Br)cs2)N3)C1. The molecule has 1 unspecified atom stereocenters. The molecule has 4 heterocycles. The second-order valence-electron chi connectivity index (χ2n) is 5.41. The molecule has 1 atom stereocenters. The van der Waals surface area contributed by atoms with Crippen molar-refractivity contribution in [3.63, 3.8) is 0 Å². The fraction of sp³-hybridized carbons (Fsp3) is 0.357. The fourth-order valence-electron chi connectivity index (χ4n) is 2.87. The van der Waals surface area contributed by atoms with Gasteiger partial charge in [0.15, 0.2) is 0 Å². The Kier molecular flexibility index (Phi) is 3.33. The standard InChI is InChI=1S/C14H14BrN3OS2/c1-18-3-2-8-10(5-18)21-14-11(8)13(19)16-12(17-14)9-4-7(15)6-20-9/h4,6,12,17H,2-3,5H2,1H3,(H,16,19). The number of thiophene rings is 2. The molecule has 0 radical (unpaired) electrons. The number of carbonyl (C=O) groups excluding carboxylic acids is 1. The number of hydrogen-bond donors (Lipinski definition) is 2. The highest BCUT2D eigenvalue weighted by atomic mass is 79.9. The molecule has 2 aliphatic heterocycles. The number of likely N-dealkylation sites (N-methyl/N-ethyl adjacent to an activating group) is 1. The summed E-state index contributed by atoms with van der Waals surface area (Å²) in [6.45, 7) is 1.96. The van der Waals surface area contributed by atoms with Crippen LogP contribution in [-0.2, 0) is 13.0 Å². The summed E-state index contributed by atoms with van der Waals surface area (Å²) in [4.78, 5) is 17.3. The first kappa shape index (κ1) is 13.8. The van der Waals surface area contributed by atoms with Crippen LogP contribution in [-0.4, -0.2) is 24.4 Å². The summed E-state index contributed by atoms with van der Waals surface area (Å²) in [5, 5.41) is 9.63. The van der Waals surface area contributed by atoms with Crippen molar-refractivity contribution >= 4 is 49.5 Å². The maximum Gasteiger partial charge on any atom is 0.256 e. The van der Waals surface area contributed by atoms with Crippen LogP contribution in [0.25, 0.3) is 0 Å². The van der Waals surface area contributed by atoms with Gasteiger partial charge in [-0.2, -0.15) is 0 Å². The number of nitrogens with zero attached hydrogens (tertiary/aromatic N) is 1. The molecule has 2 N–H and O–H groups in total. The van der Waals surface area contributed by atoms with Crippen LogP contribution in [0.3, 0.4) is 0 Å². The quantitative estimate of drug-likeness (QED) is 0.792. The monoisotopic (exact) mass is 383 g/mol. The molecule has 7 heteroatoms. The normalized spacial score (nSPS) is 21.4. The van der Waals surface area contributed by atoms with Gasteiger partial charge in [-0.1, -0.05) is 0 Å². The Bertz CT molecular complexity index is 724. The second kappa shape index (κ2) is 5.08. The molecular formula is C14H14BrN3OS2. The minimum absolute atomic E-state index is 0.0559. The van der Waals surface area contributed by atoms with Gasteiger partial charge in [0.1, 0.15) is 11.2 Å². The lowest BCUT2D eigenvalue weighted by molar-refractivity contribution is 0.0935. The van der Waals surface area contributed by atoms with Crippen LogP contribution in [0, 0.1) is 0 Å². The Morgan fingerprint density at radius 1 is 1.43 bits per heavy atom. The molecular weight excluding hydrogens is 370 g/mol. The Morgan fingerprint density at radius 2 is 2.29 bits per heavy atom. The topological polar surface area (TPSA) is 44.4 Å². The lowest BCUT2D eigenvalue weighted by atomic mass is 10.0. The van der Waals surface area contributed by atoms with E-state index in [1.54, 1.807) is 22.7 Å². The van der Waals surface area contributed by atoms with Gasteiger partial charge in [-0.15, -0.1) is 22.7 Å². The minimum atomic E-state index is -0.126. The summed E-state index contributed by atoms with van der Waals surface area (Å²) < 4.78 is 1.05. The van der Waals surface area contributed by atoms with Gasteiger partial charge in [-0.05, 0) is 41.0 Å². The second-order valence-corrected chi connectivity index (χ2v) is 8.38. The predicted molar refractivity (Wildman–Crippen MR) is 90.2 cm³/mol. The Balaban J connectivity index is 1.71. The number of halogens is 1. The number of nitrogens with one attached hydrogen (secondary N) is 2. The van der Waals surface area contributed by atoms with Crippen LogP contribution in [0.2, 0.25) is 0 Å². The molecule has 4 nitrogen and oxygen atoms in total. The number of anilines is 1. The zero-order chi connectivity index (χ0) is 14.6. The fourth-order valence-corrected chi connectivity index (χ4v) is 5.66. The third-order valence-corrected chi connectivity index (χ3v) is 6.80. The van der Waals surface area contributed by atoms with E-state index in [1.165, 1.54) is 10.4 Å². The summed E-state index contributed by atoms with van der Waals surface area (Å²) >= 11 is 6.84. The molecule has 0 fully saturated rings. The van der Waals surface area contributed by atoms with E-state index in [0.29, 0.717) is 0 Å². The highest BCUT2D eigenvalue weighted by molar-refractivity contribution is 9.10. The van der Waals surface area contributed by atoms with Crippen molar-refractivity contribution < 1.29 is 4.79 Å². The molecule has 0 aliphatic carbocycles. The highest BCUT2D eigenvalue weighted by Gasteiger charge is 2.33. The zero-order valence-electron chi connectivity index (χ0n) is 11.4. The van der Waals surface area contributed by atoms with E-state index >= 15 is 0 Å². The zero-order valence-corrected chi connectivity index (χ0v) is 14.6. The van der Waals surface area contributed by atoms with E-state index < -0.39 is 0 Å². The third kappa shape index (κ3) is 2.32. The van der Waals surface area contributed by atoms with Gasteiger partial charge < -0.3 is 15.5 Å². The molecule has 0 saturated heterocycles. The van der Waals surface area contributed by atoms with Crippen LogP contribution in [0.4, 0.5) is 5.00 Å². The average Bonchev–Trinajstić information content (AvgIpc) is 3.01. The summed E-state index contributed by atoms with van der Waals surface area (Å²) in [7, 11) is 2.13. The lowest BCUT2D eigenvalue weighted by Gasteiger charge is -2.26. The minimum Gasteiger partial charge on any atom is -0.352 e. The molecule has 1 amide bonds. The number of fused-ring (bicyclic) bond motifs is 3.